The summed E-state index contributed by atoms with van der Waals surface area (Å²) in [5.41, 5.74) is -9.24. The first-order chi connectivity index (χ1) is 21.6. The molecule has 1 aromatic heterocycles. The molecule has 0 spiro atoms. The van der Waals surface area contributed by atoms with Crippen molar-refractivity contribution in [2.24, 2.45) is 0 Å². The number of pyridine rings is 1. The van der Waals surface area contributed by atoms with Crippen LogP contribution in [0.3, 0.4) is 0 Å². The molecule has 1 heterocycles. The van der Waals surface area contributed by atoms with Crippen molar-refractivity contribution in [1.29, 1.82) is 0 Å². The van der Waals surface area contributed by atoms with E-state index >= 15 is 26.3 Å². The highest BCUT2D eigenvalue weighted by atomic mass is 19.2. The van der Waals surface area contributed by atoms with Gasteiger partial charge in [-0.15, -0.1) is 0 Å². The molecule has 0 radical (unpaired) electrons. The predicted octanol–water partition coefficient (Wildman–Crippen LogP) is 6.24. The highest BCUT2D eigenvalue weighted by Gasteiger charge is 2.57. The van der Waals surface area contributed by atoms with Crippen LogP contribution in [0, 0.1) is 87.3 Å². The molecule has 0 atom stereocenters. The fourth-order valence-corrected chi connectivity index (χ4v) is 5.46. The zero-order valence-electron chi connectivity index (χ0n) is 21.9. The summed E-state index contributed by atoms with van der Waals surface area (Å²) in [6.07, 6.45) is -5.59. The minimum absolute atomic E-state index is 0.0931. The first-order valence-electron chi connectivity index (χ1n) is 12.4. The summed E-state index contributed by atoms with van der Waals surface area (Å²) in [5.74, 6) is -45.9. The maximum Gasteiger partial charge on any atom is 0.377 e. The molecule has 238 valence electrons. The van der Waals surface area contributed by atoms with Crippen LogP contribution in [0.5, 0.6) is 0 Å². The van der Waals surface area contributed by atoms with E-state index in [9.17, 15) is 39.5 Å². The molecular weight excluding hydrogens is 658 g/mol. The van der Waals surface area contributed by atoms with Crippen LogP contribution in [0.4, 0.5) is 65.9 Å². The van der Waals surface area contributed by atoms with Crippen molar-refractivity contribution in [3.8, 4) is 11.3 Å². The van der Waals surface area contributed by atoms with Crippen molar-refractivity contribution >= 4 is 22.7 Å². The second kappa shape index (κ2) is 11.4. The van der Waals surface area contributed by atoms with Crippen molar-refractivity contribution < 1.29 is 70.3 Å². The van der Waals surface area contributed by atoms with E-state index in [1.165, 1.54) is 18.2 Å². The summed E-state index contributed by atoms with van der Waals surface area (Å²) in [6, 6.07) is 8.52. The smallest absolute Gasteiger partial charge is 0.377 e. The van der Waals surface area contributed by atoms with Gasteiger partial charge in [-0.1, -0.05) is 24.3 Å². The Morgan fingerprint density at radius 3 is 0.935 bits per heavy atom. The molecule has 0 N–H and O–H groups in total. The summed E-state index contributed by atoms with van der Waals surface area (Å²) >= 11 is 0. The van der Waals surface area contributed by atoms with E-state index in [1.807, 2.05) is 0 Å². The van der Waals surface area contributed by atoms with Gasteiger partial charge >= 0.3 is 6.28 Å². The number of hydrogen-bond donors (Lipinski definition) is 0. The Bertz CT molecular complexity index is 1810. The van der Waals surface area contributed by atoms with Gasteiger partial charge in [0.15, 0.2) is 58.0 Å². The van der Waals surface area contributed by atoms with Gasteiger partial charge in [0.05, 0.1) is 0 Å². The lowest BCUT2D eigenvalue weighted by atomic mass is 9.23. The van der Waals surface area contributed by atoms with Crippen LogP contribution >= 0.6 is 0 Å². The Kier molecular flexibility index (Phi) is 8.07. The average Bonchev–Trinajstić information content (AvgIpc) is 3.06. The van der Waals surface area contributed by atoms with Gasteiger partial charge in [0.1, 0.15) is 41.1 Å². The fourth-order valence-electron chi connectivity index (χ4n) is 5.46. The SMILES string of the molecule is Fc1c(F)c(F)c([B-](c2c(F)c(F)c(F)c(F)c2F)(c2c(F)c(F)c(F)c(F)c2F)[n+]2ccccc2-c2ccccc2)c(F)c1F. The topological polar surface area (TPSA) is 3.88 Å². The molecule has 0 fully saturated rings. The first kappa shape index (κ1) is 32.4. The zero-order chi connectivity index (χ0) is 34.0. The molecule has 17 heteroatoms. The third-order valence-corrected chi connectivity index (χ3v) is 7.36. The number of hydrogen-bond acceptors (Lipinski definition) is 0. The van der Waals surface area contributed by atoms with Gasteiger partial charge in [-0.05, 0) is 34.6 Å². The number of aromatic nitrogens is 1. The van der Waals surface area contributed by atoms with E-state index in [0.29, 0.717) is 6.20 Å². The van der Waals surface area contributed by atoms with Crippen molar-refractivity contribution in [2.45, 2.75) is 0 Å². The molecule has 0 aliphatic rings. The third kappa shape index (κ3) is 4.35. The lowest BCUT2D eigenvalue weighted by molar-refractivity contribution is -0.527. The average molecular weight is 667 g/mol. The Balaban J connectivity index is 2.29. The Hall–Kier alpha value is -4.96. The molecule has 0 aliphatic carbocycles. The lowest BCUT2D eigenvalue weighted by Gasteiger charge is -2.39. The predicted molar refractivity (Wildman–Crippen MR) is 131 cm³/mol. The number of halogens is 15. The van der Waals surface area contributed by atoms with Crippen molar-refractivity contribution in [1.82, 2.24) is 0 Å². The molecule has 0 bridgehead atoms. The Morgan fingerprint density at radius 2 is 0.609 bits per heavy atom. The standard InChI is InChI=1S/C29H9BF15N/c31-15-12(16(32)22(38)27(43)21(15)37)30(13-17(33)23(39)28(44)24(40)18(13)34,14-19(35)25(41)29(45)26(42)20(14)36)46-9-5-4-8-11(46)10-6-2-1-3-7-10/h1-9H. The molecule has 0 saturated heterocycles. The van der Waals surface area contributed by atoms with Crippen LogP contribution in [0.15, 0.2) is 54.7 Å². The highest BCUT2D eigenvalue weighted by Crippen LogP contribution is 2.28. The largest absolute Gasteiger partial charge is 0.408 e. The van der Waals surface area contributed by atoms with E-state index in [1.54, 1.807) is 0 Å². The van der Waals surface area contributed by atoms with Crippen molar-refractivity contribution in [3.05, 3.63) is 142 Å². The first-order valence-corrected chi connectivity index (χ1v) is 12.4. The van der Waals surface area contributed by atoms with Crippen LogP contribution in [0.1, 0.15) is 0 Å². The van der Waals surface area contributed by atoms with Gasteiger partial charge in [-0.3, -0.25) is 0 Å². The summed E-state index contributed by atoms with van der Waals surface area (Å²) in [4.78, 5) is 0. The highest BCUT2D eigenvalue weighted by molar-refractivity contribution is 7.05. The van der Waals surface area contributed by atoms with Crippen LogP contribution < -0.4 is 20.9 Å². The molecule has 4 aromatic carbocycles. The maximum absolute atomic E-state index is 15.8. The Labute approximate surface area is 246 Å². The quantitative estimate of drug-likeness (QED) is 0.0905. The normalized spacial score (nSPS) is 11.8. The van der Waals surface area contributed by atoms with E-state index in [0.717, 1.165) is 30.3 Å². The monoisotopic (exact) mass is 667 g/mol. The van der Waals surface area contributed by atoms with Gasteiger partial charge < -0.3 is 4.48 Å². The van der Waals surface area contributed by atoms with Gasteiger partial charge in [-0.25, -0.2) is 65.9 Å². The number of rotatable bonds is 5. The number of nitrogens with zero attached hydrogens (tertiary/aromatic N) is 1. The second-order valence-electron chi connectivity index (χ2n) is 9.63. The van der Waals surface area contributed by atoms with Crippen LogP contribution in [0.2, 0.25) is 0 Å². The molecule has 0 unspecified atom stereocenters. The molecule has 0 amide bonds. The summed E-state index contributed by atoms with van der Waals surface area (Å²) in [6.45, 7) is 0. The summed E-state index contributed by atoms with van der Waals surface area (Å²) in [5, 5.41) is 0. The zero-order valence-corrected chi connectivity index (χ0v) is 21.9. The molecule has 1 nitrogen and oxygen atoms in total. The molecule has 46 heavy (non-hydrogen) atoms. The summed E-state index contributed by atoms with van der Waals surface area (Å²) in [7, 11) is 0. The fraction of sp³-hybridized carbons (Fsp3) is 0. The number of benzene rings is 4. The minimum Gasteiger partial charge on any atom is -0.408 e. The van der Waals surface area contributed by atoms with E-state index in [4.69, 9.17) is 0 Å². The van der Waals surface area contributed by atoms with Crippen LogP contribution in [-0.4, -0.2) is 6.28 Å². The summed E-state index contributed by atoms with van der Waals surface area (Å²) < 4.78 is 227. The molecular formula is C29H9BF15N. The van der Waals surface area contributed by atoms with E-state index in [2.05, 4.69) is 0 Å². The van der Waals surface area contributed by atoms with Crippen molar-refractivity contribution in [2.75, 3.05) is 0 Å². The maximum atomic E-state index is 15.8. The van der Waals surface area contributed by atoms with E-state index in [-0.39, 0.29) is 10.0 Å². The molecule has 5 aromatic rings. The lowest BCUT2D eigenvalue weighted by Crippen LogP contribution is -2.88. The van der Waals surface area contributed by atoms with Gasteiger partial charge in [0.2, 0.25) is 0 Å². The van der Waals surface area contributed by atoms with Gasteiger partial charge in [0.25, 0.3) is 0 Å². The molecule has 0 saturated carbocycles. The second-order valence-corrected chi connectivity index (χ2v) is 9.63. The van der Waals surface area contributed by atoms with E-state index < -0.39 is 116 Å². The third-order valence-electron chi connectivity index (χ3n) is 7.36. The van der Waals surface area contributed by atoms with Crippen molar-refractivity contribution in [3.63, 3.8) is 0 Å². The molecule has 0 aliphatic heterocycles. The van der Waals surface area contributed by atoms with Gasteiger partial charge in [-0.2, -0.15) is 0 Å². The minimum atomic E-state index is -5.96. The van der Waals surface area contributed by atoms with Crippen LogP contribution in [-0.2, 0) is 0 Å². The molecule has 5 rings (SSSR count). The van der Waals surface area contributed by atoms with Gasteiger partial charge in [0, 0.05) is 11.6 Å². The van der Waals surface area contributed by atoms with Crippen LogP contribution in [0.25, 0.3) is 11.3 Å². The Morgan fingerprint density at radius 1 is 0.326 bits per heavy atom.